The molecule has 0 atom stereocenters. The van der Waals surface area contributed by atoms with E-state index < -0.39 is 30.4 Å². The molecule has 16 nitrogen and oxygen atoms in total. The van der Waals surface area contributed by atoms with E-state index in [4.69, 9.17) is 18.9 Å². The molecular weight excluding hydrogens is 1200 g/mol. The Morgan fingerprint density at radius 1 is 0.250 bits per heavy atom. The fourth-order valence-corrected chi connectivity index (χ4v) is 14.5. The molecule has 4 aromatic carbocycles. The predicted octanol–water partition coefficient (Wildman–Crippen LogP) is 15.7. The van der Waals surface area contributed by atoms with Gasteiger partial charge in [0.15, 0.2) is 0 Å². The average Bonchev–Trinajstić information content (AvgIpc) is 1.06. The van der Waals surface area contributed by atoms with Crippen molar-refractivity contribution in [1.29, 1.82) is 0 Å². The maximum Gasteiger partial charge on any atom is 0.356 e. The van der Waals surface area contributed by atoms with E-state index in [0.717, 1.165) is 154 Å². The highest BCUT2D eigenvalue weighted by Crippen LogP contribution is 2.46. The zero-order chi connectivity index (χ0) is 64.0. The van der Waals surface area contributed by atoms with Crippen molar-refractivity contribution in [2.24, 2.45) is 0 Å². The second-order valence-electron chi connectivity index (χ2n) is 24.5. The number of unbranched alkanes of at least 4 members (excludes halogenated alkanes) is 28. The van der Waals surface area contributed by atoms with Gasteiger partial charge in [-0.1, -0.05) is 207 Å². The van der Waals surface area contributed by atoms with E-state index in [9.17, 15) is 57.4 Å². The fourth-order valence-electron chi connectivity index (χ4n) is 11.9. The van der Waals surface area contributed by atoms with Crippen LogP contribution in [0.3, 0.4) is 0 Å². The van der Waals surface area contributed by atoms with Gasteiger partial charge in [-0.3, -0.25) is 18.3 Å². The van der Waals surface area contributed by atoms with Crippen molar-refractivity contribution in [2.45, 2.75) is 259 Å². The number of benzene rings is 4. The van der Waals surface area contributed by atoms with Crippen LogP contribution in [-0.4, -0.2) is 65.6 Å². The standard InChI is InChI=1S/C68H108O16P4/c1-5-9-13-17-21-25-29-33-37-81-65-53-41-55-47-62(86(72,73)74)49-57(66(55)82-38-34-30-26-22-18-14-10-6-2)43-59-51-64(88(78,79)80)52-60(68(59)84-40-36-32-28-24-20-16-12-8-4)44-58-50-63(87(75,76)77)48-56(42-54(65)46-61(45-53)85(69,70)71)67(58)83-39-35-31-27-23-19-15-11-7-3/h45-52H,5-44H2,1-4H3,(H2,69,70,71)(H2,72,73,74)(H2,75,76,77)(H2,78,79,80). The smallest absolute Gasteiger partial charge is 0.356 e. The van der Waals surface area contributed by atoms with Gasteiger partial charge in [-0.25, -0.2) is 0 Å². The Morgan fingerprint density at radius 2 is 0.386 bits per heavy atom. The van der Waals surface area contributed by atoms with Crippen LogP contribution in [0.1, 0.15) is 278 Å². The maximum atomic E-state index is 13.7. The molecule has 8 bridgehead atoms. The molecule has 0 heterocycles. The summed E-state index contributed by atoms with van der Waals surface area (Å²) >= 11 is 0. The molecular formula is C68H108O16P4. The molecule has 8 N–H and O–H groups in total. The van der Waals surface area contributed by atoms with E-state index in [1.165, 1.54) is 74.2 Å². The van der Waals surface area contributed by atoms with Crippen LogP contribution in [0.25, 0.3) is 0 Å². The van der Waals surface area contributed by atoms with Crippen LogP contribution in [0, 0.1) is 0 Å². The first kappa shape index (κ1) is 75.4. The fraction of sp³-hybridized carbons (Fsp3) is 0.647. The molecule has 0 aromatic heterocycles. The topological polar surface area (TPSA) is 267 Å². The lowest BCUT2D eigenvalue weighted by atomic mass is 9.91. The van der Waals surface area contributed by atoms with Crippen LogP contribution in [0.4, 0.5) is 0 Å². The maximum absolute atomic E-state index is 13.7. The molecule has 0 spiro atoms. The Hall–Kier alpha value is -3.32. The van der Waals surface area contributed by atoms with Crippen molar-refractivity contribution in [3.8, 4) is 23.0 Å². The summed E-state index contributed by atoms with van der Waals surface area (Å²) in [5.74, 6) is 0.980. The van der Waals surface area contributed by atoms with Crippen LogP contribution >= 0.6 is 30.4 Å². The summed E-state index contributed by atoms with van der Waals surface area (Å²) in [6, 6.07) is 10.8. The van der Waals surface area contributed by atoms with E-state index in [1.54, 1.807) is 0 Å². The second kappa shape index (κ2) is 39.3. The number of fused-ring (bicyclic) bond motifs is 8. The Kier molecular flexibility index (Phi) is 33.7. The van der Waals surface area contributed by atoms with Crippen LogP contribution < -0.4 is 40.2 Å². The van der Waals surface area contributed by atoms with E-state index in [1.807, 2.05) is 0 Å². The summed E-state index contributed by atoms with van der Waals surface area (Å²) in [7, 11) is -20.3. The number of hydrogen-bond acceptors (Lipinski definition) is 8. The van der Waals surface area contributed by atoms with Crippen molar-refractivity contribution < 1.29 is 76.4 Å². The zero-order valence-electron chi connectivity index (χ0n) is 53.5. The van der Waals surface area contributed by atoms with Crippen molar-refractivity contribution in [1.82, 2.24) is 0 Å². The first-order valence-electron chi connectivity index (χ1n) is 33.5. The van der Waals surface area contributed by atoms with Crippen LogP contribution in [0.2, 0.25) is 0 Å². The number of rotatable bonds is 44. The molecule has 0 aliphatic heterocycles. The van der Waals surface area contributed by atoms with E-state index >= 15 is 0 Å². The molecule has 0 fully saturated rings. The normalized spacial score (nSPS) is 13.0. The van der Waals surface area contributed by atoms with Gasteiger partial charge in [-0.05, 0) is 119 Å². The van der Waals surface area contributed by atoms with Crippen molar-refractivity contribution in [3.05, 3.63) is 93.0 Å². The third-order valence-corrected chi connectivity index (χ3v) is 20.5. The van der Waals surface area contributed by atoms with E-state index in [2.05, 4.69) is 27.7 Å². The van der Waals surface area contributed by atoms with Gasteiger partial charge in [-0.15, -0.1) is 0 Å². The summed E-state index contributed by atoms with van der Waals surface area (Å²) < 4.78 is 81.9. The summed E-state index contributed by atoms with van der Waals surface area (Å²) in [6.07, 6.45) is 31.6. The summed E-state index contributed by atoms with van der Waals surface area (Å²) in [4.78, 5) is 88.7. The highest BCUT2D eigenvalue weighted by Gasteiger charge is 2.32. The molecule has 0 saturated heterocycles. The predicted molar refractivity (Wildman–Crippen MR) is 356 cm³/mol. The first-order valence-corrected chi connectivity index (χ1v) is 39.9. The SMILES string of the molecule is CCCCCCCCCCOc1c2cc(P(=O)(O)O)cc1Cc1cc(P(=O)(O)O)cc(c1OCCCCCCCCCC)Cc1cc(P(=O)(O)O)cc(c1OCCCCCCCCCC)Cc1cc(P(=O)(O)O)cc(c1OCCCCCCCCCC)C2. The molecule has 0 radical (unpaired) electrons. The van der Waals surface area contributed by atoms with Gasteiger partial charge in [0.05, 0.1) is 47.6 Å². The monoisotopic (exact) mass is 1300 g/mol. The molecule has 1 aliphatic rings. The molecule has 0 unspecified atom stereocenters. The number of ether oxygens (including phenoxy) is 4. The summed E-state index contributed by atoms with van der Waals surface area (Å²) in [5.41, 5.74) is 2.12. The van der Waals surface area contributed by atoms with Gasteiger partial charge in [0, 0.05) is 25.7 Å². The zero-order valence-corrected chi connectivity index (χ0v) is 57.1. The molecule has 5 rings (SSSR count). The summed E-state index contributed by atoms with van der Waals surface area (Å²) in [5, 5.41) is -1.46. The van der Waals surface area contributed by atoms with Crippen molar-refractivity contribution >= 4 is 51.6 Å². The van der Waals surface area contributed by atoms with E-state index in [-0.39, 0.29) is 141 Å². The minimum Gasteiger partial charge on any atom is -0.493 e. The highest BCUT2D eigenvalue weighted by atomic mass is 31.2. The van der Waals surface area contributed by atoms with Crippen LogP contribution in [0.5, 0.6) is 23.0 Å². The van der Waals surface area contributed by atoms with Gasteiger partial charge in [0.2, 0.25) is 0 Å². The van der Waals surface area contributed by atoms with Crippen LogP contribution in [-0.2, 0) is 43.9 Å². The minimum absolute atomic E-state index is 0.202. The Labute approximate surface area is 526 Å². The Balaban J connectivity index is 1.82. The summed E-state index contributed by atoms with van der Waals surface area (Å²) in [6.45, 7) is 9.52. The van der Waals surface area contributed by atoms with Crippen LogP contribution in [0.15, 0.2) is 48.5 Å². The molecule has 88 heavy (non-hydrogen) atoms. The second-order valence-corrected chi connectivity index (χ2v) is 31.0. The van der Waals surface area contributed by atoms with E-state index in [0.29, 0.717) is 25.7 Å². The molecule has 1 aliphatic carbocycles. The third-order valence-electron chi connectivity index (χ3n) is 16.8. The number of hydrogen-bond donors (Lipinski definition) is 8. The van der Waals surface area contributed by atoms with Crippen molar-refractivity contribution in [2.75, 3.05) is 26.4 Å². The molecule has 0 amide bonds. The minimum atomic E-state index is -5.08. The van der Waals surface area contributed by atoms with Gasteiger partial charge in [-0.2, -0.15) is 0 Å². The van der Waals surface area contributed by atoms with Gasteiger partial charge in [0.25, 0.3) is 0 Å². The lowest BCUT2D eigenvalue weighted by Gasteiger charge is -2.25. The van der Waals surface area contributed by atoms with Gasteiger partial charge in [0.1, 0.15) is 23.0 Å². The largest absolute Gasteiger partial charge is 0.493 e. The molecule has 20 heteroatoms. The highest BCUT2D eigenvalue weighted by molar-refractivity contribution is 7.61. The quantitative estimate of drug-likeness (QED) is 0.0133. The first-order chi connectivity index (χ1) is 42.1. The molecule has 0 saturated carbocycles. The third kappa shape index (κ3) is 26.4. The molecule has 496 valence electrons. The Bertz CT molecular complexity index is 2440. The Morgan fingerprint density at radius 3 is 0.523 bits per heavy atom. The lowest BCUT2D eigenvalue weighted by Crippen LogP contribution is -2.18. The average molecular weight is 1310 g/mol. The lowest BCUT2D eigenvalue weighted by molar-refractivity contribution is 0.293. The van der Waals surface area contributed by atoms with Gasteiger partial charge < -0.3 is 58.1 Å². The molecule has 4 aromatic rings. The van der Waals surface area contributed by atoms with Crippen molar-refractivity contribution in [3.63, 3.8) is 0 Å². The van der Waals surface area contributed by atoms with Gasteiger partial charge >= 0.3 is 30.4 Å².